The number of fused-ring (bicyclic) bond motifs is 2. The number of nitrogens with zero attached hydrogens (tertiary/aromatic N) is 5. The maximum absolute atomic E-state index is 15.7. The van der Waals surface area contributed by atoms with Gasteiger partial charge in [-0.15, -0.1) is 0 Å². The smallest absolute Gasteiger partial charge is 0.167 e. The van der Waals surface area contributed by atoms with Gasteiger partial charge in [-0.05, 0) is 67.1 Å². The number of hydrazine groups is 1. The number of methoxy groups -OCH3 is 1. The van der Waals surface area contributed by atoms with Gasteiger partial charge in [0.2, 0.25) is 0 Å². The molecule has 3 aliphatic rings. The molecule has 7 rings (SSSR count). The molecule has 3 aliphatic heterocycles. The van der Waals surface area contributed by atoms with Gasteiger partial charge in [0.1, 0.15) is 17.4 Å². The summed E-state index contributed by atoms with van der Waals surface area (Å²) >= 11 is 0. The van der Waals surface area contributed by atoms with Crippen molar-refractivity contribution in [3.05, 3.63) is 102 Å². The number of allylic oxidation sites excluding steroid dienone is 1. The summed E-state index contributed by atoms with van der Waals surface area (Å²) in [5.74, 6) is 1.50. The summed E-state index contributed by atoms with van der Waals surface area (Å²) in [6, 6.07) is 16.4. The monoisotopic (exact) mass is 625 g/mol. The molecular weight excluding hydrogens is 592 g/mol. The van der Waals surface area contributed by atoms with Crippen LogP contribution in [0.5, 0.6) is 23.0 Å². The maximum Gasteiger partial charge on any atom is 0.167 e. The van der Waals surface area contributed by atoms with Gasteiger partial charge in [0, 0.05) is 55.1 Å². The van der Waals surface area contributed by atoms with E-state index in [4.69, 9.17) is 18.9 Å². The van der Waals surface area contributed by atoms with E-state index in [-0.39, 0.29) is 11.6 Å². The second kappa shape index (κ2) is 13.2. The first-order valence-electron chi connectivity index (χ1n) is 15.2. The highest BCUT2D eigenvalue weighted by molar-refractivity contribution is 5.89. The zero-order valence-electron chi connectivity index (χ0n) is 25.4. The Bertz CT molecular complexity index is 1820. The number of ether oxygens (including phenoxy) is 4. The minimum absolute atomic E-state index is 0.0667. The molecule has 0 radical (unpaired) electrons. The summed E-state index contributed by atoms with van der Waals surface area (Å²) in [6.07, 6.45) is 8.00. The summed E-state index contributed by atoms with van der Waals surface area (Å²) in [5, 5.41) is 4.47. The number of morpholine rings is 1. The summed E-state index contributed by atoms with van der Waals surface area (Å²) in [5.41, 5.74) is 2.86. The number of rotatable bonds is 10. The zero-order chi connectivity index (χ0) is 31.5. The van der Waals surface area contributed by atoms with Crippen molar-refractivity contribution >= 4 is 28.5 Å². The van der Waals surface area contributed by atoms with E-state index >= 15 is 4.39 Å². The molecular formula is C35H33F2N5O4. The van der Waals surface area contributed by atoms with Gasteiger partial charge in [-0.25, -0.2) is 18.8 Å². The van der Waals surface area contributed by atoms with Gasteiger partial charge in [0.25, 0.3) is 0 Å². The van der Waals surface area contributed by atoms with Crippen LogP contribution in [0.15, 0.2) is 89.8 Å². The highest BCUT2D eigenvalue weighted by Gasteiger charge is 2.30. The fourth-order valence-electron chi connectivity index (χ4n) is 5.77. The van der Waals surface area contributed by atoms with Crippen molar-refractivity contribution < 1.29 is 27.7 Å². The number of pyridine rings is 1. The topological polar surface area (TPSA) is 71.9 Å². The van der Waals surface area contributed by atoms with Gasteiger partial charge in [-0.2, -0.15) is 0 Å². The molecule has 1 aromatic heterocycles. The van der Waals surface area contributed by atoms with E-state index in [1.165, 1.54) is 18.2 Å². The Morgan fingerprint density at radius 3 is 2.57 bits per heavy atom. The number of hydrogen-bond acceptors (Lipinski definition) is 9. The lowest BCUT2D eigenvalue weighted by Gasteiger charge is -2.35. The van der Waals surface area contributed by atoms with Crippen molar-refractivity contribution in [1.82, 2.24) is 14.9 Å². The Hall–Kier alpha value is -5.00. The van der Waals surface area contributed by atoms with E-state index in [0.717, 1.165) is 50.5 Å². The minimum atomic E-state index is -0.532. The molecule has 0 amide bonds. The lowest BCUT2D eigenvalue weighted by atomic mass is 10.1. The predicted molar refractivity (Wildman–Crippen MR) is 172 cm³/mol. The SMILES string of the molecule is COc1cc2c(Oc3ccc(N4CC=C5N=CC=C(c6ccc(F)cc6)N54)cc3F)ccnc2cc1OCCCN1CCOCC1. The van der Waals surface area contributed by atoms with Crippen LogP contribution in [0, 0.1) is 11.6 Å². The van der Waals surface area contributed by atoms with Crippen molar-refractivity contribution in [2.75, 3.05) is 58.1 Å². The lowest BCUT2D eigenvalue weighted by molar-refractivity contribution is 0.0357. The van der Waals surface area contributed by atoms with Gasteiger partial charge < -0.3 is 18.9 Å². The summed E-state index contributed by atoms with van der Waals surface area (Å²) < 4.78 is 52.5. The molecule has 0 spiro atoms. The van der Waals surface area contributed by atoms with E-state index in [0.29, 0.717) is 52.8 Å². The number of aromatic nitrogens is 1. The second-order valence-corrected chi connectivity index (χ2v) is 11.0. The molecule has 9 nitrogen and oxygen atoms in total. The minimum Gasteiger partial charge on any atom is -0.493 e. The van der Waals surface area contributed by atoms with Crippen LogP contribution >= 0.6 is 0 Å². The molecule has 0 saturated carbocycles. The van der Waals surface area contributed by atoms with Crippen LogP contribution in [0.2, 0.25) is 0 Å². The Morgan fingerprint density at radius 1 is 0.913 bits per heavy atom. The van der Waals surface area contributed by atoms with E-state index < -0.39 is 5.82 Å². The molecule has 0 N–H and O–H groups in total. The van der Waals surface area contributed by atoms with Crippen LogP contribution in [0.4, 0.5) is 14.5 Å². The van der Waals surface area contributed by atoms with Crippen molar-refractivity contribution in [2.45, 2.75) is 6.42 Å². The molecule has 0 atom stereocenters. The number of benzene rings is 3. The van der Waals surface area contributed by atoms with Gasteiger partial charge in [0.05, 0.1) is 50.4 Å². The average Bonchev–Trinajstić information content (AvgIpc) is 3.53. The molecule has 3 aromatic carbocycles. The highest BCUT2D eigenvalue weighted by atomic mass is 19.1. The van der Waals surface area contributed by atoms with E-state index in [9.17, 15) is 4.39 Å². The summed E-state index contributed by atoms with van der Waals surface area (Å²) in [4.78, 5) is 11.3. The molecule has 46 heavy (non-hydrogen) atoms. The van der Waals surface area contributed by atoms with Crippen LogP contribution in [0.3, 0.4) is 0 Å². The third kappa shape index (κ3) is 6.11. The van der Waals surface area contributed by atoms with Crippen LogP contribution in [0.1, 0.15) is 12.0 Å². The van der Waals surface area contributed by atoms with Gasteiger partial charge in [-0.1, -0.05) is 0 Å². The van der Waals surface area contributed by atoms with Crippen LogP contribution in [0.25, 0.3) is 16.6 Å². The summed E-state index contributed by atoms with van der Waals surface area (Å²) in [7, 11) is 1.58. The van der Waals surface area contributed by atoms with Crippen molar-refractivity contribution in [3.8, 4) is 23.0 Å². The van der Waals surface area contributed by atoms with Gasteiger partial charge in [-0.3, -0.25) is 14.9 Å². The molecule has 1 fully saturated rings. The average molecular weight is 626 g/mol. The normalized spacial score (nSPS) is 16.3. The molecule has 0 unspecified atom stereocenters. The molecule has 0 aliphatic carbocycles. The van der Waals surface area contributed by atoms with Gasteiger partial charge >= 0.3 is 0 Å². The maximum atomic E-state index is 15.7. The number of hydrogen-bond donors (Lipinski definition) is 0. The Balaban J connectivity index is 1.08. The Labute approximate surface area is 265 Å². The second-order valence-electron chi connectivity index (χ2n) is 11.0. The highest BCUT2D eigenvalue weighted by Crippen LogP contribution is 2.40. The Kier molecular flexibility index (Phi) is 8.49. The predicted octanol–water partition coefficient (Wildman–Crippen LogP) is 6.42. The number of aliphatic imine (C=N–C) groups is 1. The van der Waals surface area contributed by atoms with Crippen molar-refractivity contribution in [2.24, 2.45) is 4.99 Å². The zero-order valence-corrected chi connectivity index (χ0v) is 25.4. The van der Waals surface area contributed by atoms with Crippen LogP contribution in [-0.4, -0.2) is 74.2 Å². The molecule has 4 aromatic rings. The molecule has 11 heteroatoms. The van der Waals surface area contributed by atoms with E-state index in [1.807, 2.05) is 28.2 Å². The van der Waals surface area contributed by atoms with Crippen molar-refractivity contribution in [1.29, 1.82) is 0 Å². The van der Waals surface area contributed by atoms with E-state index in [2.05, 4.69) is 14.9 Å². The number of anilines is 1. The summed E-state index contributed by atoms with van der Waals surface area (Å²) in [6.45, 7) is 5.37. The third-order valence-corrected chi connectivity index (χ3v) is 8.11. The van der Waals surface area contributed by atoms with Crippen LogP contribution in [-0.2, 0) is 4.74 Å². The number of halogens is 2. The molecule has 0 bridgehead atoms. The first-order chi connectivity index (χ1) is 22.6. The standard InChI is InChI=1S/C35H33F2N5O4/c1-43-33-22-27-29(23-34(33)45-18-2-14-40-16-19-44-20-17-40)38-13-10-31(27)46-32-8-7-26(21-28(32)37)41-15-11-35-39-12-9-30(42(35)41)24-3-5-25(36)6-4-24/h3-13,21-23H,2,14-20H2,1H3. The van der Waals surface area contributed by atoms with Gasteiger partial charge in [0.15, 0.2) is 23.1 Å². The molecule has 4 heterocycles. The lowest BCUT2D eigenvalue weighted by Crippen LogP contribution is -2.37. The first kappa shape index (κ1) is 29.7. The van der Waals surface area contributed by atoms with Crippen LogP contribution < -0.4 is 19.2 Å². The molecule has 1 saturated heterocycles. The van der Waals surface area contributed by atoms with E-state index in [1.54, 1.807) is 55.9 Å². The van der Waals surface area contributed by atoms with Crippen molar-refractivity contribution in [3.63, 3.8) is 0 Å². The Morgan fingerprint density at radius 2 is 1.76 bits per heavy atom. The molecule has 236 valence electrons. The quantitative estimate of drug-likeness (QED) is 0.187. The fraction of sp³-hybridized carbons (Fsp3) is 0.257. The first-order valence-corrected chi connectivity index (χ1v) is 15.2. The third-order valence-electron chi connectivity index (χ3n) is 8.11. The fourth-order valence-corrected chi connectivity index (χ4v) is 5.77. The largest absolute Gasteiger partial charge is 0.493 e.